The molecule has 24 heavy (non-hydrogen) atoms. The largest absolute Gasteiger partial charge is 0.348 e. The van der Waals surface area contributed by atoms with E-state index >= 15 is 0 Å². The van der Waals surface area contributed by atoms with Crippen LogP contribution in [-0.2, 0) is 6.42 Å². The highest BCUT2D eigenvalue weighted by Crippen LogP contribution is 2.15. The van der Waals surface area contributed by atoms with E-state index in [1.807, 2.05) is 18.2 Å². The number of rotatable bonds is 11. The first-order chi connectivity index (χ1) is 11.8. The molecule has 0 saturated carbocycles. The summed E-state index contributed by atoms with van der Waals surface area (Å²) in [4.78, 5) is 12.5. The molecule has 1 aromatic carbocycles. The summed E-state index contributed by atoms with van der Waals surface area (Å²) in [5.74, 6) is 0.0962. The zero-order valence-corrected chi connectivity index (χ0v) is 15.3. The normalized spacial score (nSPS) is 17.1. The van der Waals surface area contributed by atoms with Crippen LogP contribution in [0.5, 0.6) is 0 Å². The van der Waals surface area contributed by atoms with Crippen LogP contribution in [0.2, 0.25) is 0 Å². The smallest absolute Gasteiger partial charge is 0.251 e. The molecule has 1 fully saturated rings. The average Bonchev–Trinajstić information content (AvgIpc) is 3.10. The van der Waals surface area contributed by atoms with Crippen molar-refractivity contribution in [2.45, 2.75) is 77.2 Å². The van der Waals surface area contributed by atoms with Crippen molar-refractivity contribution in [2.75, 3.05) is 13.1 Å². The molecule has 1 aliphatic heterocycles. The average molecular weight is 331 g/mol. The molecule has 1 aromatic rings. The van der Waals surface area contributed by atoms with E-state index in [1.165, 1.54) is 56.9 Å². The number of hydrogen-bond donors (Lipinski definition) is 2. The van der Waals surface area contributed by atoms with Crippen molar-refractivity contribution in [2.24, 2.45) is 0 Å². The van der Waals surface area contributed by atoms with Gasteiger partial charge in [0.15, 0.2) is 0 Å². The van der Waals surface area contributed by atoms with Crippen molar-refractivity contribution in [3.8, 4) is 0 Å². The minimum Gasteiger partial charge on any atom is -0.348 e. The monoisotopic (exact) mass is 330 g/mol. The highest BCUT2D eigenvalue weighted by atomic mass is 16.1. The molecular weight excluding hydrogens is 296 g/mol. The lowest BCUT2D eigenvalue weighted by molar-refractivity contribution is 0.0939. The summed E-state index contributed by atoms with van der Waals surface area (Å²) in [5.41, 5.74) is 2.07. The van der Waals surface area contributed by atoms with Crippen LogP contribution >= 0.6 is 0 Å². The number of hydrogen-bond acceptors (Lipinski definition) is 2. The van der Waals surface area contributed by atoms with Crippen molar-refractivity contribution in [3.63, 3.8) is 0 Å². The Kier molecular flexibility index (Phi) is 8.90. The van der Waals surface area contributed by atoms with Crippen LogP contribution < -0.4 is 10.6 Å². The zero-order valence-electron chi connectivity index (χ0n) is 15.3. The molecule has 0 spiro atoms. The SMILES string of the molecule is CCCCCCCCCCc1ccccc1C(=O)N[C@H]1CCNC1. The van der Waals surface area contributed by atoms with E-state index in [-0.39, 0.29) is 11.9 Å². The van der Waals surface area contributed by atoms with Gasteiger partial charge < -0.3 is 10.6 Å². The zero-order chi connectivity index (χ0) is 17.0. The quantitative estimate of drug-likeness (QED) is 0.588. The van der Waals surface area contributed by atoms with Crippen LogP contribution in [-0.4, -0.2) is 25.0 Å². The molecule has 1 amide bonds. The molecule has 0 radical (unpaired) electrons. The van der Waals surface area contributed by atoms with E-state index in [2.05, 4.69) is 23.6 Å². The Morgan fingerprint density at radius 2 is 1.79 bits per heavy atom. The summed E-state index contributed by atoms with van der Waals surface area (Å²) < 4.78 is 0. The Bertz CT molecular complexity index is 480. The van der Waals surface area contributed by atoms with Gasteiger partial charge in [0, 0.05) is 18.2 Å². The van der Waals surface area contributed by atoms with Gasteiger partial charge in [-0.15, -0.1) is 0 Å². The molecule has 1 heterocycles. The lowest BCUT2D eigenvalue weighted by Crippen LogP contribution is -2.36. The molecule has 134 valence electrons. The van der Waals surface area contributed by atoms with E-state index in [1.54, 1.807) is 0 Å². The molecule has 3 nitrogen and oxygen atoms in total. The highest BCUT2D eigenvalue weighted by Gasteiger charge is 2.18. The van der Waals surface area contributed by atoms with E-state index in [0.717, 1.165) is 31.5 Å². The number of benzene rings is 1. The van der Waals surface area contributed by atoms with Crippen LogP contribution in [0.1, 0.15) is 80.6 Å². The molecule has 0 aliphatic carbocycles. The van der Waals surface area contributed by atoms with Gasteiger partial charge >= 0.3 is 0 Å². The van der Waals surface area contributed by atoms with Crippen LogP contribution in [0.15, 0.2) is 24.3 Å². The third-order valence-corrected chi connectivity index (χ3v) is 4.96. The van der Waals surface area contributed by atoms with Gasteiger partial charge in [0.1, 0.15) is 0 Å². The Labute approximate surface area is 147 Å². The summed E-state index contributed by atoms with van der Waals surface area (Å²) in [6.07, 6.45) is 12.6. The van der Waals surface area contributed by atoms with Crippen molar-refractivity contribution in [1.82, 2.24) is 10.6 Å². The second-order valence-corrected chi connectivity index (χ2v) is 7.05. The molecule has 0 unspecified atom stereocenters. The predicted octanol–water partition coefficient (Wildman–Crippen LogP) is 4.46. The number of amides is 1. The molecule has 2 N–H and O–H groups in total. The van der Waals surface area contributed by atoms with Gasteiger partial charge in [-0.05, 0) is 37.4 Å². The third kappa shape index (κ3) is 6.64. The fourth-order valence-corrected chi connectivity index (χ4v) is 3.45. The molecule has 1 atom stereocenters. The minimum absolute atomic E-state index is 0.0962. The number of carbonyl (C=O) groups excluding carboxylic acids is 1. The molecule has 3 heteroatoms. The summed E-state index contributed by atoms with van der Waals surface area (Å²) in [6, 6.07) is 8.39. The maximum atomic E-state index is 12.5. The molecule has 1 aliphatic rings. The minimum atomic E-state index is 0.0962. The first-order valence-electron chi connectivity index (χ1n) is 9.90. The lowest BCUT2D eigenvalue weighted by atomic mass is 9.99. The molecule has 1 saturated heterocycles. The van der Waals surface area contributed by atoms with Crippen molar-refractivity contribution >= 4 is 5.91 Å². The van der Waals surface area contributed by atoms with E-state index < -0.39 is 0 Å². The van der Waals surface area contributed by atoms with Gasteiger partial charge in [-0.25, -0.2) is 0 Å². The van der Waals surface area contributed by atoms with Crippen molar-refractivity contribution < 1.29 is 4.79 Å². The van der Waals surface area contributed by atoms with Crippen LogP contribution in [0.3, 0.4) is 0 Å². The molecular formula is C21H34N2O. The third-order valence-electron chi connectivity index (χ3n) is 4.96. The lowest BCUT2D eigenvalue weighted by Gasteiger charge is -2.14. The summed E-state index contributed by atoms with van der Waals surface area (Å²) in [7, 11) is 0. The Hall–Kier alpha value is -1.35. The van der Waals surface area contributed by atoms with E-state index in [9.17, 15) is 4.79 Å². The number of aryl methyl sites for hydroxylation is 1. The van der Waals surface area contributed by atoms with Gasteiger partial charge in [0.05, 0.1) is 0 Å². The van der Waals surface area contributed by atoms with Crippen molar-refractivity contribution in [3.05, 3.63) is 35.4 Å². The summed E-state index contributed by atoms with van der Waals surface area (Å²) in [6.45, 7) is 4.16. The van der Waals surface area contributed by atoms with Gasteiger partial charge in [-0.1, -0.05) is 70.1 Å². The topological polar surface area (TPSA) is 41.1 Å². The Morgan fingerprint density at radius 1 is 1.08 bits per heavy atom. The van der Waals surface area contributed by atoms with E-state index in [0.29, 0.717) is 0 Å². The Morgan fingerprint density at radius 3 is 2.50 bits per heavy atom. The first-order valence-corrected chi connectivity index (χ1v) is 9.90. The van der Waals surface area contributed by atoms with Gasteiger partial charge in [0.25, 0.3) is 5.91 Å². The first kappa shape index (κ1) is 19.0. The van der Waals surface area contributed by atoms with Crippen molar-refractivity contribution in [1.29, 1.82) is 0 Å². The highest BCUT2D eigenvalue weighted by molar-refractivity contribution is 5.95. The second kappa shape index (κ2) is 11.2. The maximum Gasteiger partial charge on any atom is 0.251 e. The standard InChI is InChI=1S/C21H34N2O/c1-2-3-4-5-6-7-8-9-12-18-13-10-11-14-20(18)21(24)23-19-15-16-22-17-19/h10-11,13-14,19,22H,2-9,12,15-17H2,1H3,(H,23,24)/t19-/m0/s1. The molecule has 0 aromatic heterocycles. The maximum absolute atomic E-state index is 12.5. The fourth-order valence-electron chi connectivity index (χ4n) is 3.45. The summed E-state index contributed by atoms with van der Waals surface area (Å²) >= 11 is 0. The number of carbonyl (C=O) groups is 1. The summed E-state index contributed by atoms with van der Waals surface area (Å²) in [5, 5.41) is 6.46. The van der Waals surface area contributed by atoms with Crippen LogP contribution in [0.4, 0.5) is 0 Å². The number of nitrogens with one attached hydrogen (secondary N) is 2. The van der Waals surface area contributed by atoms with Gasteiger partial charge in [0.2, 0.25) is 0 Å². The van der Waals surface area contributed by atoms with Gasteiger partial charge in [-0.2, -0.15) is 0 Å². The Balaban J connectivity index is 1.71. The number of unbranched alkanes of at least 4 members (excludes halogenated alkanes) is 7. The molecule has 0 bridgehead atoms. The van der Waals surface area contributed by atoms with E-state index in [4.69, 9.17) is 0 Å². The second-order valence-electron chi connectivity index (χ2n) is 7.05. The predicted molar refractivity (Wildman–Crippen MR) is 101 cm³/mol. The van der Waals surface area contributed by atoms with Gasteiger partial charge in [-0.3, -0.25) is 4.79 Å². The fraction of sp³-hybridized carbons (Fsp3) is 0.667. The molecule has 2 rings (SSSR count). The van der Waals surface area contributed by atoms with Crippen LogP contribution in [0.25, 0.3) is 0 Å². The van der Waals surface area contributed by atoms with Crippen LogP contribution in [0, 0.1) is 0 Å².